The van der Waals surface area contributed by atoms with E-state index in [0.717, 1.165) is 28.9 Å². The first-order chi connectivity index (χ1) is 15.2. The third-order valence-corrected chi connectivity index (χ3v) is 5.33. The van der Waals surface area contributed by atoms with Crippen molar-refractivity contribution in [2.24, 2.45) is 0 Å². The Kier molecular flexibility index (Phi) is 7.42. The number of aryl methyl sites for hydroxylation is 1. The first-order valence-corrected chi connectivity index (χ1v) is 10.6. The lowest BCUT2D eigenvalue weighted by Crippen LogP contribution is -2.61. The minimum atomic E-state index is -2.42. The van der Waals surface area contributed by atoms with Gasteiger partial charge in [0, 0.05) is 12.0 Å². The van der Waals surface area contributed by atoms with Gasteiger partial charge in [0.25, 0.3) is 0 Å². The molecule has 31 heavy (non-hydrogen) atoms. The Balaban J connectivity index is 1.85. The number of benzene rings is 2. The van der Waals surface area contributed by atoms with Gasteiger partial charge in [-0.05, 0) is 49.6 Å². The van der Waals surface area contributed by atoms with Crippen LogP contribution in [-0.2, 0) is 11.2 Å². The summed E-state index contributed by atoms with van der Waals surface area (Å²) >= 11 is 0. The highest BCUT2D eigenvalue weighted by Crippen LogP contribution is 2.30. The van der Waals surface area contributed by atoms with Crippen molar-refractivity contribution in [1.82, 2.24) is 0 Å². The minimum absolute atomic E-state index is 0.304. The molecule has 1 saturated heterocycles. The molecule has 0 aromatic heterocycles. The number of hydrogen-bond donors (Lipinski definition) is 4. The van der Waals surface area contributed by atoms with Crippen LogP contribution in [0.2, 0.25) is 0 Å². The molecule has 1 heterocycles. The maximum Gasteiger partial charge on any atom is 0.229 e. The Morgan fingerprint density at radius 2 is 1.77 bits per heavy atom. The summed E-state index contributed by atoms with van der Waals surface area (Å²) in [6.45, 7) is 5.97. The molecule has 6 atom stereocenters. The van der Waals surface area contributed by atoms with Crippen LogP contribution < -0.4 is 9.47 Å². The molecule has 0 amide bonds. The van der Waals surface area contributed by atoms with Gasteiger partial charge in [-0.2, -0.15) is 0 Å². The lowest BCUT2D eigenvalue weighted by Gasteiger charge is -2.41. The number of aliphatic hydroxyl groups excluding tert-OH is 4. The molecular weight excluding hydrogens is 400 g/mol. The molecule has 2 aromatic rings. The van der Waals surface area contributed by atoms with Crippen molar-refractivity contribution in [2.75, 3.05) is 6.61 Å². The SMILES string of the molecule is [2H][C@@]1(Oc2cccc(C)c2Cc2ccc(OCCC)cc2)O[C@H]([C@@H](C)O)[C@@H](O)[C@H](O)[C@H]1O. The van der Waals surface area contributed by atoms with Gasteiger partial charge in [-0.1, -0.05) is 31.2 Å². The van der Waals surface area contributed by atoms with Crippen molar-refractivity contribution < 1.29 is 36.0 Å². The topological polar surface area (TPSA) is 109 Å². The maximum atomic E-state index is 10.4. The van der Waals surface area contributed by atoms with Crippen LogP contribution in [0.5, 0.6) is 11.5 Å². The normalized spacial score (nSPS) is 29.8. The van der Waals surface area contributed by atoms with Crippen LogP contribution >= 0.6 is 0 Å². The van der Waals surface area contributed by atoms with Crippen molar-refractivity contribution in [3.63, 3.8) is 0 Å². The lowest BCUT2D eigenvalue weighted by atomic mass is 9.95. The molecule has 0 spiro atoms. The Morgan fingerprint density at radius 3 is 2.42 bits per heavy atom. The van der Waals surface area contributed by atoms with Crippen molar-refractivity contribution in [3.05, 3.63) is 59.2 Å². The van der Waals surface area contributed by atoms with Crippen LogP contribution in [0, 0.1) is 6.92 Å². The van der Waals surface area contributed by atoms with Gasteiger partial charge in [0.2, 0.25) is 6.27 Å². The molecule has 7 heteroatoms. The van der Waals surface area contributed by atoms with E-state index in [1.54, 1.807) is 12.1 Å². The average molecular weight is 434 g/mol. The summed E-state index contributed by atoms with van der Waals surface area (Å²) in [5.74, 6) is 1.09. The zero-order valence-electron chi connectivity index (χ0n) is 19.1. The molecule has 0 aliphatic carbocycles. The fourth-order valence-corrected chi connectivity index (χ4v) is 3.50. The highest BCUT2D eigenvalue weighted by molar-refractivity contribution is 5.43. The van der Waals surface area contributed by atoms with E-state index >= 15 is 0 Å². The predicted molar refractivity (Wildman–Crippen MR) is 115 cm³/mol. The first kappa shape index (κ1) is 22.0. The molecule has 0 unspecified atom stereocenters. The molecule has 1 aliphatic rings. The molecule has 3 rings (SSSR count). The van der Waals surface area contributed by atoms with Crippen LogP contribution in [-0.4, -0.2) is 63.8 Å². The highest BCUT2D eigenvalue weighted by atomic mass is 16.7. The second-order valence-electron chi connectivity index (χ2n) is 7.89. The second-order valence-corrected chi connectivity index (χ2v) is 7.89. The Bertz CT molecular complexity index is 888. The summed E-state index contributed by atoms with van der Waals surface area (Å²) in [6.07, 6.45) is -8.61. The summed E-state index contributed by atoms with van der Waals surface area (Å²) in [5, 5.41) is 40.7. The third-order valence-electron chi connectivity index (χ3n) is 5.33. The molecule has 7 nitrogen and oxygen atoms in total. The minimum Gasteiger partial charge on any atom is -0.494 e. The van der Waals surface area contributed by atoms with Gasteiger partial charge in [0.05, 0.1) is 12.7 Å². The molecule has 1 fully saturated rings. The van der Waals surface area contributed by atoms with E-state index in [-0.39, 0.29) is 0 Å². The van der Waals surface area contributed by atoms with E-state index in [1.807, 2.05) is 44.2 Å². The summed E-state index contributed by atoms with van der Waals surface area (Å²) in [5.41, 5.74) is 2.69. The summed E-state index contributed by atoms with van der Waals surface area (Å²) in [7, 11) is 0. The average Bonchev–Trinajstić information content (AvgIpc) is 2.76. The van der Waals surface area contributed by atoms with Gasteiger partial charge in [0.1, 0.15) is 37.3 Å². The Hall–Kier alpha value is -2.16. The van der Waals surface area contributed by atoms with Crippen LogP contribution in [0.4, 0.5) is 0 Å². The Labute approximate surface area is 184 Å². The number of rotatable bonds is 8. The summed E-state index contributed by atoms with van der Waals surface area (Å²) < 4.78 is 25.4. The van der Waals surface area contributed by atoms with Crippen LogP contribution in [0.15, 0.2) is 42.5 Å². The van der Waals surface area contributed by atoms with Gasteiger partial charge in [0.15, 0.2) is 0 Å². The first-order valence-electron chi connectivity index (χ1n) is 11.1. The van der Waals surface area contributed by atoms with E-state index in [0.29, 0.717) is 18.8 Å². The summed E-state index contributed by atoms with van der Waals surface area (Å²) in [6, 6.07) is 13.0. The fourth-order valence-electron chi connectivity index (χ4n) is 3.50. The van der Waals surface area contributed by atoms with Crippen LogP contribution in [0.1, 0.15) is 38.3 Å². The molecule has 170 valence electrons. The molecule has 0 saturated carbocycles. The smallest absolute Gasteiger partial charge is 0.229 e. The fraction of sp³-hybridized carbons (Fsp3) is 0.500. The van der Waals surface area contributed by atoms with Gasteiger partial charge < -0.3 is 34.6 Å². The zero-order chi connectivity index (χ0) is 23.5. The van der Waals surface area contributed by atoms with Crippen molar-refractivity contribution in [2.45, 2.75) is 70.4 Å². The third kappa shape index (κ3) is 5.56. The Morgan fingerprint density at radius 1 is 1.06 bits per heavy atom. The monoisotopic (exact) mass is 433 g/mol. The zero-order valence-corrected chi connectivity index (χ0v) is 18.1. The van der Waals surface area contributed by atoms with Crippen LogP contribution in [0.25, 0.3) is 0 Å². The number of hydrogen-bond acceptors (Lipinski definition) is 7. The van der Waals surface area contributed by atoms with E-state index in [1.165, 1.54) is 6.92 Å². The van der Waals surface area contributed by atoms with Crippen molar-refractivity contribution in [3.8, 4) is 11.5 Å². The molecule has 4 N–H and O–H groups in total. The van der Waals surface area contributed by atoms with Gasteiger partial charge in [-0.3, -0.25) is 0 Å². The van der Waals surface area contributed by atoms with Crippen LogP contribution in [0.3, 0.4) is 0 Å². The molecule has 0 bridgehead atoms. The van der Waals surface area contributed by atoms with Gasteiger partial charge in [-0.15, -0.1) is 0 Å². The highest BCUT2D eigenvalue weighted by Gasteiger charge is 2.46. The summed E-state index contributed by atoms with van der Waals surface area (Å²) in [4.78, 5) is 0. The number of ether oxygens (including phenoxy) is 3. The second kappa shape index (κ2) is 10.4. The van der Waals surface area contributed by atoms with E-state index in [9.17, 15) is 20.4 Å². The largest absolute Gasteiger partial charge is 0.494 e. The number of aliphatic hydroxyl groups is 4. The molecule has 1 aliphatic heterocycles. The van der Waals surface area contributed by atoms with E-state index < -0.39 is 36.8 Å². The quantitative estimate of drug-likeness (QED) is 0.504. The molecule has 0 radical (unpaired) electrons. The van der Waals surface area contributed by atoms with Gasteiger partial charge in [-0.25, -0.2) is 0 Å². The molecular formula is C24H32O7. The van der Waals surface area contributed by atoms with Crippen molar-refractivity contribution in [1.29, 1.82) is 0 Å². The molecule has 2 aromatic carbocycles. The van der Waals surface area contributed by atoms with Gasteiger partial charge >= 0.3 is 0 Å². The van der Waals surface area contributed by atoms with E-state index in [4.69, 9.17) is 15.6 Å². The predicted octanol–water partition coefficient (Wildman–Crippen LogP) is 1.94. The van der Waals surface area contributed by atoms with E-state index in [2.05, 4.69) is 0 Å². The standard InChI is InChI=1S/C24H32O7/c1-4-12-29-17-10-8-16(9-11-17)13-18-14(2)6-5-7-19(18)30-24-22(28)20(26)21(27)23(31-24)15(3)25/h5-11,15,20-28H,4,12-13H2,1-3H3/t15-,20+,21+,22-,23-,24-/m1/s1/i24D. The maximum absolute atomic E-state index is 10.4. The van der Waals surface area contributed by atoms with Crippen molar-refractivity contribution >= 4 is 0 Å². The lowest BCUT2D eigenvalue weighted by molar-refractivity contribution is -0.286.